The van der Waals surface area contributed by atoms with Crippen LogP contribution in [0.3, 0.4) is 0 Å². The third kappa shape index (κ3) is 1.74. The number of hydrogen-bond acceptors (Lipinski definition) is 5. The van der Waals surface area contributed by atoms with E-state index in [1.807, 2.05) is 0 Å². The summed E-state index contributed by atoms with van der Waals surface area (Å²) in [6.07, 6.45) is -0.218. The molecule has 0 amide bonds. The molecule has 1 aromatic heterocycles. The maximum atomic E-state index is 8.98. The molecule has 0 bridgehead atoms. The van der Waals surface area contributed by atoms with Gasteiger partial charge in [0.25, 0.3) is 0 Å². The lowest BCUT2D eigenvalue weighted by Crippen LogP contribution is -2.22. The van der Waals surface area contributed by atoms with Crippen LogP contribution in [-0.2, 0) is 6.42 Å². The largest absolute Gasteiger partial charge is 0.391 e. The smallest absolute Gasteiger partial charge is 0.177 e. The van der Waals surface area contributed by atoms with E-state index in [0.717, 1.165) is 0 Å². The summed E-state index contributed by atoms with van der Waals surface area (Å²) in [7, 11) is 0. The molecule has 0 aliphatic rings. The van der Waals surface area contributed by atoms with Gasteiger partial charge in [0.15, 0.2) is 5.82 Å². The van der Waals surface area contributed by atoms with Crippen LogP contribution in [0.2, 0.25) is 0 Å². The number of rotatable bonds is 3. The number of aromatic nitrogens is 4. The van der Waals surface area contributed by atoms with E-state index in [9.17, 15) is 0 Å². The fraction of sp³-hybridized carbons (Fsp3) is 0.750. The summed E-state index contributed by atoms with van der Waals surface area (Å²) in [4.78, 5) is 0. The Bertz CT molecular complexity index is 174. The Morgan fingerprint density at radius 3 is 3.00 bits per heavy atom. The van der Waals surface area contributed by atoms with E-state index < -0.39 is 6.10 Å². The van der Waals surface area contributed by atoms with Crippen molar-refractivity contribution >= 4 is 0 Å². The van der Waals surface area contributed by atoms with Gasteiger partial charge in [-0.25, -0.2) is 0 Å². The minimum Gasteiger partial charge on any atom is -0.391 e. The van der Waals surface area contributed by atoms with Crippen molar-refractivity contribution in [3.05, 3.63) is 5.82 Å². The van der Waals surface area contributed by atoms with Crippen molar-refractivity contribution in [1.82, 2.24) is 20.6 Å². The molecule has 1 unspecified atom stereocenters. The van der Waals surface area contributed by atoms with Crippen LogP contribution < -0.4 is 5.73 Å². The zero-order valence-electron chi connectivity index (χ0n) is 5.36. The van der Waals surface area contributed by atoms with Crippen LogP contribution in [0.5, 0.6) is 0 Å². The zero-order valence-corrected chi connectivity index (χ0v) is 5.36. The molecule has 0 aromatic carbocycles. The van der Waals surface area contributed by atoms with Crippen LogP contribution in [0, 0.1) is 0 Å². The van der Waals surface area contributed by atoms with Crippen molar-refractivity contribution in [1.29, 1.82) is 0 Å². The maximum absolute atomic E-state index is 8.98. The number of aromatic amines is 1. The molecule has 1 atom stereocenters. The molecule has 0 saturated carbocycles. The van der Waals surface area contributed by atoms with Gasteiger partial charge in [-0.05, 0) is 0 Å². The van der Waals surface area contributed by atoms with Gasteiger partial charge >= 0.3 is 0 Å². The second kappa shape index (κ2) is 3.23. The summed E-state index contributed by atoms with van der Waals surface area (Å²) < 4.78 is 0. The molecule has 0 saturated heterocycles. The van der Waals surface area contributed by atoms with Gasteiger partial charge in [-0.3, -0.25) is 0 Å². The van der Waals surface area contributed by atoms with Crippen LogP contribution in [0.15, 0.2) is 0 Å². The number of nitrogens with two attached hydrogens (primary N) is 1. The second-order valence-corrected chi connectivity index (χ2v) is 1.92. The first-order chi connectivity index (χ1) is 4.83. The lowest BCUT2D eigenvalue weighted by molar-refractivity contribution is 0.181. The predicted molar refractivity (Wildman–Crippen MR) is 32.9 cm³/mol. The molecule has 0 radical (unpaired) electrons. The van der Waals surface area contributed by atoms with E-state index in [1.165, 1.54) is 0 Å². The maximum Gasteiger partial charge on any atom is 0.177 e. The Labute approximate surface area is 57.4 Å². The van der Waals surface area contributed by atoms with Crippen LogP contribution in [0.1, 0.15) is 5.82 Å². The molecule has 4 N–H and O–H groups in total. The normalized spacial score (nSPS) is 13.4. The number of tetrazole rings is 1. The van der Waals surface area contributed by atoms with Gasteiger partial charge in [-0.15, -0.1) is 10.2 Å². The van der Waals surface area contributed by atoms with Gasteiger partial charge in [0.1, 0.15) is 0 Å². The van der Waals surface area contributed by atoms with Crippen molar-refractivity contribution in [2.75, 3.05) is 6.54 Å². The highest BCUT2D eigenvalue weighted by Crippen LogP contribution is 1.90. The summed E-state index contributed by atoms with van der Waals surface area (Å²) in [6, 6.07) is 0. The highest BCUT2D eigenvalue weighted by Gasteiger charge is 2.05. The van der Waals surface area contributed by atoms with Gasteiger partial charge < -0.3 is 10.8 Å². The fourth-order valence-corrected chi connectivity index (χ4v) is 0.563. The number of aliphatic hydroxyl groups excluding tert-OH is 1. The zero-order chi connectivity index (χ0) is 7.40. The Morgan fingerprint density at radius 1 is 1.70 bits per heavy atom. The van der Waals surface area contributed by atoms with E-state index >= 15 is 0 Å². The van der Waals surface area contributed by atoms with Gasteiger partial charge in [0.2, 0.25) is 0 Å². The van der Waals surface area contributed by atoms with Crippen LogP contribution in [0.4, 0.5) is 0 Å². The molecule has 10 heavy (non-hydrogen) atoms. The van der Waals surface area contributed by atoms with E-state index in [2.05, 4.69) is 20.6 Å². The number of nitrogens with one attached hydrogen (secondary N) is 1. The molecule has 0 fully saturated rings. The SMILES string of the molecule is NCC(O)Cc1nn[nH]n1. The third-order valence-electron chi connectivity index (χ3n) is 1.08. The molecule has 0 aliphatic carbocycles. The van der Waals surface area contributed by atoms with E-state index in [-0.39, 0.29) is 6.54 Å². The highest BCUT2D eigenvalue weighted by molar-refractivity contribution is 4.80. The predicted octanol–water partition coefficient (Wildman–Crippen LogP) is -1.94. The van der Waals surface area contributed by atoms with Crippen LogP contribution >= 0.6 is 0 Å². The van der Waals surface area contributed by atoms with E-state index in [1.54, 1.807) is 0 Å². The second-order valence-electron chi connectivity index (χ2n) is 1.92. The summed E-state index contributed by atoms with van der Waals surface area (Å²) in [5.41, 5.74) is 5.15. The Morgan fingerprint density at radius 2 is 2.50 bits per heavy atom. The first-order valence-corrected chi connectivity index (χ1v) is 2.93. The van der Waals surface area contributed by atoms with E-state index in [0.29, 0.717) is 12.2 Å². The monoisotopic (exact) mass is 143 g/mol. The number of H-pyrrole nitrogens is 1. The van der Waals surface area contributed by atoms with Gasteiger partial charge in [0.05, 0.1) is 6.10 Å². The lowest BCUT2D eigenvalue weighted by Gasteiger charge is -2.01. The number of aliphatic hydroxyl groups is 1. The Hall–Kier alpha value is -1.01. The number of hydrogen-bond donors (Lipinski definition) is 3. The molecule has 0 aliphatic heterocycles. The average Bonchev–Trinajstić information content (AvgIpc) is 2.40. The molecule has 6 heteroatoms. The van der Waals surface area contributed by atoms with Crippen molar-refractivity contribution in [2.45, 2.75) is 12.5 Å². The van der Waals surface area contributed by atoms with Crippen LogP contribution in [0.25, 0.3) is 0 Å². The molecule has 56 valence electrons. The topological polar surface area (TPSA) is 101 Å². The summed E-state index contributed by atoms with van der Waals surface area (Å²) in [5.74, 6) is 0.484. The minimum absolute atomic E-state index is 0.217. The first-order valence-electron chi connectivity index (χ1n) is 2.93. The Balaban J connectivity index is 2.40. The van der Waals surface area contributed by atoms with Gasteiger partial charge in [-0.2, -0.15) is 5.21 Å². The molecular weight excluding hydrogens is 134 g/mol. The van der Waals surface area contributed by atoms with Crippen LogP contribution in [-0.4, -0.2) is 38.4 Å². The standard InChI is InChI=1S/C4H9N5O/c5-2-3(10)1-4-6-8-9-7-4/h3,10H,1-2,5H2,(H,6,7,8,9). The Kier molecular flexibility index (Phi) is 2.30. The summed E-state index contributed by atoms with van der Waals surface area (Å²) in [6.45, 7) is 0.217. The first kappa shape index (κ1) is 7.10. The van der Waals surface area contributed by atoms with Gasteiger partial charge in [0, 0.05) is 13.0 Å². The van der Waals surface area contributed by atoms with Crippen molar-refractivity contribution in [3.63, 3.8) is 0 Å². The van der Waals surface area contributed by atoms with E-state index in [4.69, 9.17) is 10.8 Å². The summed E-state index contributed by atoms with van der Waals surface area (Å²) >= 11 is 0. The third-order valence-corrected chi connectivity index (χ3v) is 1.08. The molecular formula is C4H9N5O. The highest BCUT2D eigenvalue weighted by atomic mass is 16.3. The number of nitrogens with zero attached hydrogens (tertiary/aromatic N) is 3. The fourth-order valence-electron chi connectivity index (χ4n) is 0.563. The minimum atomic E-state index is -0.572. The summed E-state index contributed by atoms with van der Waals surface area (Å²) in [5, 5.41) is 21.9. The van der Waals surface area contributed by atoms with Crippen molar-refractivity contribution < 1.29 is 5.11 Å². The van der Waals surface area contributed by atoms with Gasteiger partial charge in [-0.1, -0.05) is 5.21 Å². The van der Waals surface area contributed by atoms with Crippen molar-refractivity contribution in [3.8, 4) is 0 Å². The lowest BCUT2D eigenvalue weighted by atomic mass is 10.2. The van der Waals surface area contributed by atoms with Crippen molar-refractivity contribution in [2.24, 2.45) is 5.73 Å². The quantitative estimate of drug-likeness (QED) is 0.457. The molecule has 1 heterocycles. The molecule has 1 rings (SSSR count). The molecule has 1 aromatic rings. The molecule has 0 spiro atoms. The molecule has 6 nitrogen and oxygen atoms in total. The average molecular weight is 143 g/mol.